The Balaban J connectivity index is 1.61. The minimum absolute atomic E-state index is 0.0420. The van der Waals surface area contributed by atoms with Gasteiger partial charge >= 0.3 is 0 Å². The van der Waals surface area contributed by atoms with Crippen LogP contribution in [-0.4, -0.2) is 56.5 Å². The third kappa shape index (κ3) is 3.78. The molecule has 3 rings (SSSR count). The third-order valence-electron chi connectivity index (χ3n) is 3.62. The van der Waals surface area contributed by atoms with Crippen molar-refractivity contribution in [3.8, 4) is 11.5 Å². The fourth-order valence-corrected chi connectivity index (χ4v) is 3.10. The van der Waals surface area contributed by atoms with Gasteiger partial charge in [0.2, 0.25) is 11.1 Å². The maximum absolute atomic E-state index is 12.4. The second-order valence-corrected chi connectivity index (χ2v) is 6.20. The van der Waals surface area contributed by atoms with Crippen LogP contribution in [0, 0.1) is 0 Å². The Kier molecular flexibility index (Phi) is 5.19. The second kappa shape index (κ2) is 7.52. The molecule has 8 nitrogen and oxygen atoms in total. The molecular weight excluding hydrogens is 330 g/mol. The number of tetrazole rings is 1. The molecule has 1 aliphatic rings. The van der Waals surface area contributed by atoms with E-state index in [4.69, 9.17) is 9.47 Å². The highest BCUT2D eigenvalue weighted by Gasteiger charge is 2.17. The number of rotatable bonds is 6. The van der Waals surface area contributed by atoms with Crippen molar-refractivity contribution in [3.63, 3.8) is 0 Å². The summed E-state index contributed by atoms with van der Waals surface area (Å²) in [5.41, 5.74) is 1.01. The molecule has 0 saturated heterocycles. The van der Waals surface area contributed by atoms with E-state index in [0.29, 0.717) is 37.2 Å². The van der Waals surface area contributed by atoms with Gasteiger partial charge in [-0.3, -0.25) is 4.79 Å². The van der Waals surface area contributed by atoms with Crippen LogP contribution in [0.5, 0.6) is 11.5 Å². The van der Waals surface area contributed by atoms with Crippen LogP contribution < -0.4 is 9.47 Å². The Morgan fingerprint density at radius 2 is 2.12 bits per heavy atom. The number of aromatic nitrogens is 4. The van der Waals surface area contributed by atoms with E-state index < -0.39 is 0 Å². The standard InChI is InChI=1S/C15H19N5O3S/c1-3-20(14(21)10-24-15-16-17-18-19(15)2)9-11-4-5-12-13(8-11)23-7-6-22-12/h4-5,8H,3,6-7,9-10H2,1-2H3. The highest BCUT2D eigenvalue weighted by atomic mass is 32.2. The van der Waals surface area contributed by atoms with Crippen molar-refractivity contribution in [1.29, 1.82) is 0 Å². The lowest BCUT2D eigenvalue weighted by Gasteiger charge is -2.23. The van der Waals surface area contributed by atoms with Crippen molar-refractivity contribution in [3.05, 3.63) is 23.8 Å². The number of aryl methyl sites for hydroxylation is 1. The highest BCUT2D eigenvalue weighted by Crippen LogP contribution is 2.31. The third-order valence-corrected chi connectivity index (χ3v) is 4.62. The van der Waals surface area contributed by atoms with E-state index in [9.17, 15) is 4.79 Å². The monoisotopic (exact) mass is 349 g/mol. The lowest BCUT2D eigenvalue weighted by atomic mass is 10.2. The number of carbonyl (C=O) groups excluding carboxylic acids is 1. The van der Waals surface area contributed by atoms with Crippen LogP contribution in [0.2, 0.25) is 0 Å². The lowest BCUT2D eigenvalue weighted by molar-refractivity contribution is -0.128. The van der Waals surface area contributed by atoms with Gasteiger partial charge in [0.05, 0.1) is 5.75 Å². The molecule has 24 heavy (non-hydrogen) atoms. The summed E-state index contributed by atoms with van der Waals surface area (Å²) in [6.07, 6.45) is 0. The summed E-state index contributed by atoms with van der Waals surface area (Å²) >= 11 is 1.33. The van der Waals surface area contributed by atoms with Crippen LogP contribution in [0.4, 0.5) is 0 Å². The van der Waals surface area contributed by atoms with E-state index in [1.165, 1.54) is 11.8 Å². The number of thioether (sulfide) groups is 1. The van der Waals surface area contributed by atoms with Crippen LogP contribution in [0.25, 0.3) is 0 Å². The normalized spacial score (nSPS) is 12.9. The van der Waals surface area contributed by atoms with Gasteiger partial charge < -0.3 is 14.4 Å². The van der Waals surface area contributed by atoms with Gasteiger partial charge in [0, 0.05) is 20.1 Å². The lowest BCUT2D eigenvalue weighted by Crippen LogP contribution is -2.31. The van der Waals surface area contributed by atoms with Crippen molar-refractivity contribution in [2.24, 2.45) is 7.05 Å². The van der Waals surface area contributed by atoms with Crippen molar-refractivity contribution >= 4 is 17.7 Å². The van der Waals surface area contributed by atoms with Crippen molar-refractivity contribution in [2.45, 2.75) is 18.6 Å². The molecule has 0 saturated carbocycles. The minimum Gasteiger partial charge on any atom is -0.486 e. The molecule has 1 aromatic heterocycles. The van der Waals surface area contributed by atoms with Crippen LogP contribution in [-0.2, 0) is 18.4 Å². The number of amides is 1. The van der Waals surface area contributed by atoms with E-state index in [-0.39, 0.29) is 5.91 Å². The van der Waals surface area contributed by atoms with E-state index in [1.807, 2.05) is 25.1 Å². The first kappa shape index (κ1) is 16.6. The zero-order chi connectivity index (χ0) is 16.9. The SMILES string of the molecule is CCN(Cc1ccc2c(c1)OCCO2)C(=O)CSc1nnnn1C. The summed E-state index contributed by atoms with van der Waals surface area (Å²) in [6, 6.07) is 5.79. The van der Waals surface area contributed by atoms with Gasteiger partial charge in [0.1, 0.15) is 13.2 Å². The van der Waals surface area contributed by atoms with Crippen LogP contribution in [0.3, 0.4) is 0 Å². The molecule has 2 aromatic rings. The average molecular weight is 349 g/mol. The van der Waals surface area contributed by atoms with E-state index >= 15 is 0 Å². The van der Waals surface area contributed by atoms with Crippen molar-refractivity contribution in [1.82, 2.24) is 25.1 Å². The minimum atomic E-state index is 0.0420. The molecule has 9 heteroatoms. The first-order valence-corrected chi connectivity index (χ1v) is 8.67. The summed E-state index contributed by atoms with van der Waals surface area (Å²) in [6.45, 7) is 4.24. The smallest absolute Gasteiger partial charge is 0.233 e. The second-order valence-electron chi connectivity index (χ2n) is 5.26. The number of carbonyl (C=O) groups is 1. The first-order chi connectivity index (χ1) is 11.7. The van der Waals surface area contributed by atoms with E-state index in [1.54, 1.807) is 16.6 Å². The fourth-order valence-electron chi connectivity index (χ4n) is 2.34. The van der Waals surface area contributed by atoms with Crippen molar-refractivity contribution < 1.29 is 14.3 Å². The molecule has 0 fully saturated rings. The largest absolute Gasteiger partial charge is 0.486 e. The molecule has 0 bridgehead atoms. The van der Waals surface area contributed by atoms with E-state index in [0.717, 1.165) is 17.1 Å². The molecular formula is C15H19N5O3S. The maximum Gasteiger partial charge on any atom is 0.233 e. The Bertz CT molecular complexity index is 721. The Labute approximate surface area is 144 Å². The predicted molar refractivity (Wildman–Crippen MR) is 88.0 cm³/mol. The summed E-state index contributed by atoms with van der Waals surface area (Å²) in [5, 5.41) is 11.8. The number of hydrogen-bond acceptors (Lipinski definition) is 7. The molecule has 0 radical (unpaired) electrons. The number of fused-ring (bicyclic) bond motifs is 1. The zero-order valence-electron chi connectivity index (χ0n) is 13.6. The topological polar surface area (TPSA) is 82.4 Å². The predicted octanol–water partition coefficient (Wildman–Crippen LogP) is 1.12. The molecule has 128 valence electrons. The van der Waals surface area contributed by atoms with Gasteiger partial charge in [-0.1, -0.05) is 17.8 Å². The Morgan fingerprint density at radius 3 is 2.83 bits per heavy atom. The van der Waals surface area contributed by atoms with Gasteiger partial charge in [-0.2, -0.15) is 0 Å². The number of hydrogen-bond donors (Lipinski definition) is 0. The molecule has 1 amide bonds. The highest BCUT2D eigenvalue weighted by molar-refractivity contribution is 7.99. The molecule has 1 aromatic carbocycles. The molecule has 1 aliphatic heterocycles. The molecule has 0 aliphatic carbocycles. The number of benzene rings is 1. The van der Waals surface area contributed by atoms with Gasteiger partial charge in [-0.05, 0) is 35.0 Å². The molecule has 0 atom stereocenters. The van der Waals surface area contributed by atoms with Crippen LogP contribution in [0.1, 0.15) is 12.5 Å². The summed E-state index contributed by atoms with van der Waals surface area (Å²) < 4.78 is 12.7. The van der Waals surface area contributed by atoms with Crippen LogP contribution in [0.15, 0.2) is 23.4 Å². The maximum atomic E-state index is 12.4. The molecule has 0 unspecified atom stereocenters. The summed E-state index contributed by atoms with van der Waals surface area (Å²) in [5.74, 6) is 1.83. The van der Waals surface area contributed by atoms with Gasteiger partial charge in [0.25, 0.3) is 0 Å². The molecule has 0 spiro atoms. The summed E-state index contributed by atoms with van der Waals surface area (Å²) in [4.78, 5) is 14.2. The van der Waals surface area contributed by atoms with Crippen LogP contribution >= 0.6 is 11.8 Å². The Hall–Kier alpha value is -2.29. The number of ether oxygens (including phenoxy) is 2. The van der Waals surface area contributed by atoms with Gasteiger partial charge in [0.15, 0.2) is 11.5 Å². The van der Waals surface area contributed by atoms with Gasteiger partial charge in [-0.15, -0.1) is 5.10 Å². The molecule has 0 N–H and O–H groups in total. The average Bonchev–Trinajstić information content (AvgIpc) is 3.02. The zero-order valence-corrected chi connectivity index (χ0v) is 14.5. The summed E-state index contributed by atoms with van der Waals surface area (Å²) in [7, 11) is 1.75. The van der Waals surface area contributed by atoms with Gasteiger partial charge in [-0.25, -0.2) is 4.68 Å². The first-order valence-electron chi connectivity index (χ1n) is 7.69. The van der Waals surface area contributed by atoms with E-state index in [2.05, 4.69) is 15.5 Å². The Morgan fingerprint density at radius 1 is 1.33 bits per heavy atom. The number of nitrogens with zero attached hydrogens (tertiary/aromatic N) is 5. The van der Waals surface area contributed by atoms with Crippen molar-refractivity contribution in [2.75, 3.05) is 25.5 Å². The fraction of sp³-hybridized carbons (Fsp3) is 0.467. The quantitative estimate of drug-likeness (QED) is 0.723. The molecule has 2 heterocycles.